The van der Waals surface area contributed by atoms with Gasteiger partial charge in [0.15, 0.2) is 5.78 Å². The molecule has 6 nitrogen and oxygen atoms in total. The molecule has 0 atom stereocenters. The molecule has 0 amide bonds. The van der Waals surface area contributed by atoms with Gasteiger partial charge in [-0.05, 0) is 65.2 Å². The van der Waals surface area contributed by atoms with Gasteiger partial charge in [0.2, 0.25) is 0 Å². The van der Waals surface area contributed by atoms with E-state index in [0.29, 0.717) is 41.7 Å². The van der Waals surface area contributed by atoms with Gasteiger partial charge in [0.25, 0.3) is 0 Å². The van der Waals surface area contributed by atoms with Crippen LogP contribution in [0, 0.1) is 0 Å². The molecule has 0 aliphatic heterocycles. The first kappa shape index (κ1) is 27.1. The average molecular weight is 543 g/mol. The predicted molar refractivity (Wildman–Crippen MR) is 164 cm³/mol. The molecule has 0 aliphatic rings. The van der Waals surface area contributed by atoms with E-state index >= 15 is 0 Å². The van der Waals surface area contributed by atoms with Gasteiger partial charge in [-0.1, -0.05) is 72.8 Å². The zero-order valence-electron chi connectivity index (χ0n) is 22.4. The van der Waals surface area contributed by atoms with Crippen molar-refractivity contribution in [3.8, 4) is 34.1 Å². The summed E-state index contributed by atoms with van der Waals surface area (Å²) in [5, 5.41) is 0. The van der Waals surface area contributed by atoms with E-state index in [2.05, 4.69) is 0 Å². The Morgan fingerprint density at radius 2 is 1.10 bits per heavy atom. The van der Waals surface area contributed by atoms with Crippen molar-refractivity contribution in [1.82, 2.24) is 0 Å². The highest BCUT2D eigenvalue weighted by atomic mass is 16.5. The lowest BCUT2D eigenvalue weighted by molar-refractivity contribution is 0.104. The van der Waals surface area contributed by atoms with Crippen molar-refractivity contribution in [3.63, 3.8) is 0 Å². The number of carbonyl (C=O) groups is 1. The van der Waals surface area contributed by atoms with Gasteiger partial charge in [-0.2, -0.15) is 0 Å². The molecule has 0 aromatic heterocycles. The highest BCUT2D eigenvalue weighted by molar-refractivity contribution is 6.06. The number of benzene rings is 5. The van der Waals surface area contributed by atoms with Gasteiger partial charge in [0.05, 0.1) is 0 Å². The summed E-state index contributed by atoms with van der Waals surface area (Å²) < 4.78 is 17.5. The van der Waals surface area contributed by atoms with Crippen LogP contribution in [0.5, 0.6) is 23.0 Å². The molecule has 0 spiro atoms. The summed E-state index contributed by atoms with van der Waals surface area (Å²) >= 11 is 0. The van der Waals surface area contributed by atoms with E-state index in [1.165, 1.54) is 0 Å². The quantitative estimate of drug-likeness (QED) is 0.0770. The average Bonchev–Trinajstić information content (AvgIpc) is 2.99. The lowest BCUT2D eigenvalue weighted by Gasteiger charge is -2.10. The summed E-state index contributed by atoms with van der Waals surface area (Å²) in [5.74, 6) is 2.77. The number of nitrogens with two attached hydrogens (primary N) is 2. The molecule has 204 valence electrons. The van der Waals surface area contributed by atoms with Crippen LogP contribution in [-0.4, -0.2) is 19.0 Å². The van der Waals surface area contributed by atoms with E-state index in [1.54, 1.807) is 42.5 Å². The Labute approximate surface area is 239 Å². The Morgan fingerprint density at radius 3 is 1.66 bits per heavy atom. The van der Waals surface area contributed by atoms with Gasteiger partial charge in [-0.3, -0.25) is 4.79 Å². The molecule has 6 heteroatoms. The topological polar surface area (TPSA) is 96.8 Å². The van der Waals surface area contributed by atoms with Crippen LogP contribution in [0.25, 0.3) is 17.2 Å². The second kappa shape index (κ2) is 13.0. The van der Waals surface area contributed by atoms with Crippen molar-refractivity contribution in [2.45, 2.75) is 0 Å². The monoisotopic (exact) mass is 542 g/mol. The molecule has 0 bridgehead atoms. The van der Waals surface area contributed by atoms with Gasteiger partial charge in [-0.25, -0.2) is 0 Å². The number of hydrogen-bond donors (Lipinski definition) is 2. The van der Waals surface area contributed by atoms with Crippen molar-refractivity contribution in [3.05, 3.63) is 139 Å². The molecule has 0 radical (unpaired) electrons. The lowest BCUT2D eigenvalue weighted by Crippen LogP contribution is -2.08. The summed E-state index contributed by atoms with van der Waals surface area (Å²) in [6, 6.07) is 37.6. The molecule has 0 fully saturated rings. The minimum Gasteiger partial charge on any atom is -0.490 e. The SMILES string of the molecule is Nc1cc(N)cc(Oc2ccc(-c3ccc(OCCOc4ccc(/C=C/C(=O)c5ccccc5)cc4)cc3)cc2)c1. The van der Waals surface area contributed by atoms with E-state index in [0.717, 1.165) is 28.2 Å². The van der Waals surface area contributed by atoms with Gasteiger partial charge in [-0.15, -0.1) is 0 Å². The third kappa shape index (κ3) is 7.77. The first-order valence-corrected chi connectivity index (χ1v) is 13.2. The number of ketones is 1. The summed E-state index contributed by atoms with van der Waals surface area (Å²) in [6.07, 6.45) is 3.37. The van der Waals surface area contributed by atoms with Crippen LogP contribution < -0.4 is 25.7 Å². The fourth-order valence-electron chi connectivity index (χ4n) is 4.16. The van der Waals surface area contributed by atoms with Gasteiger partial charge < -0.3 is 25.7 Å². The largest absolute Gasteiger partial charge is 0.490 e. The maximum Gasteiger partial charge on any atom is 0.185 e. The maximum absolute atomic E-state index is 12.2. The summed E-state index contributed by atoms with van der Waals surface area (Å²) in [6.45, 7) is 0.816. The number of anilines is 2. The standard InChI is InChI=1S/C35H30N2O4/c36-29-22-30(37)24-34(23-29)41-33-17-11-27(12-18-33)26-9-15-32(16-10-26)40-21-20-39-31-13-6-25(7-14-31)8-19-35(38)28-4-2-1-3-5-28/h1-19,22-24H,20-21,36-37H2/b19-8+. The van der Waals surface area contributed by atoms with E-state index in [4.69, 9.17) is 25.7 Å². The molecule has 0 aliphatic carbocycles. The first-order chi connectivity index (χ1) is 20.0. The molecule has 5 aromatic rings. The fourth-order valence-corrected chi connectivity index (χ4v) is 4.16. The van der Waals surface area contributed by atoms with Gasteiger partial charge in [0, 0.05) is 29.1 Å². The smallest absolute Gasteiger partial charge is 0.185 e. The Bertz CT molecular complexity index is 1590. The number of rotatable bonds is 11. The number of hydrogen-bond acceptors (Lipinski definition) is 6. The zero-order valence-corrected chi connectivity index (χ0v) is 22.4. The van der Waals surface area contributed by atoms with Crippen molar-refractivity contribution >= 4 is 23.2 Å². The van der Waals surface area contributed by atoms with Crippen LogP contribution in [0.3, 0.4) is 0 Å². The Kier molecular flexibility index (Phi) is 8.62. The van der Waals surface area contributed by atoms with E-state index in [1.807, 2.05) is 91.0 Å². The second-order valence-electron chi connectivity index (χ2n) is 9.32. The van der Waals surface area contributed by atoms with E-state index < -0.39 is 0 Å². The van der Waals surface area contributed by atoms with Crippen LogP contribution in [0.1, 0.15) is 15.9 Å². The number of nitrogen functional groups attached to an aromatic ring is 2. The number of allylic oxidation sites excluding steroid dienone is 1. The number of carbonyl (C=O) groups excluding carboxylic acids is 1. The first-order valence-electron chi connectivity index (χ1n) is 13.2. The summed E-state index contributed by atoms with van der Waals surface area (Å²) in [5.41, 5.74) is 16.5. The molecule has 5 rings (SSSR count). The maximum atomic E-state index is 12.2. The molecule has 0 heterocycles. The van der Waals surface area contributed by atoms with Gasteiger partial charge >= 0.3 is 0 Å². The van der Waals surface area contributed by atoms with Crippen LogP contribution in [0.2, 0.25) is 0 Å². The summed E-state index contributed by atoms with van der Waals surface area (Å²) in [4.78, 5) is 12.2. The second-order valence-corrected chi connectivity index (χ2v) is 9.32. The van der Waals surface area contributed by atoms with Crippen molar-refractivity contribution in [2.75, 3.05) is 24.7 Å². The third-order valence-electron chi connectivity index (χ3n) is 6.22. The Morgan fingerprint density at radius 1 is 0.585 bits per heavy atom. The van der Waals surface area contributed by atoms with Crippen LogP contribution in [0.15, 0.2) is 127 Å². The molecule has 0 saturated carbocycles. The highest BCUT2D eigenvalue weighted by Crippen LogP contribution is 2.29. The summed E-state index contributed by atoms with van der Waals surface area (Å²) in [7, 11) is 0. The van der Waals surface area contributed by atoms with E-state index in [9.17, 15) is 4.79 Å². The minimum atomic E-state index is -0.0277. The fraction of sp³-hybridized carbons (Fsp3) is 0.0571. The van der Waals surface area contributed by atoms with Crippen LogP contribution in [-0.2, 0) is 0 Å². The normalized spacial score (nSPS) is 10.8. The number of ether oxygens (including phenoxy) is 3. The zero-order chi connectivity index (χ0) is 28.4. The van der Waals surface area contributed by atoms with Crippen molar-refractivity contribution in [1.29, 1.82) is 0 Å². The third-order valence-corrected chi connectivity index (χ3v) is 6.22. The minimum absolute atomic E-state index is 0.0277. The Hall–Kier alpha value is -5.49. The molecular formula is C35H30N2O4. The Balaban J connectivity index is 1.06. The molecule has 0 saturated heterocycles. The molecule has 4 N–H and O–H groups in total. The highest BCUT2D eigenvalue weighted by Gasteiger charge is 2.04. The molecule has 41 heavy (non-hydrogen) atoms. The molecule has 5 aromatic carbocycles. The molecular weight excluding hydrogens is 512 g/mol. The molecule has 0 unspecified atom stereocenters. The van der Waals surface area contributed by atoms with Gasteiger partial charge in [0.1, 0.15) is 36.2 Å². The van der Waals surface area contributed by atoms with Crippen molar-refractivity contribution < 1.29 is 19.0 Å². The van der Waals surface area contributed by atoms with E-state index in [-0.39, 0.29) is 5.78 Å². The lowest BCUT2D eigenvalue weighted by atomic mass is 10.1. The van der Waals surface area contributed by atoms with Crippen molar-refractivity contribution in [2.24, 2.45) is 0 Å². The van der Waals surface area contributed by atoms with Crippen LogP contribution in [0.4, 0.5) is 11.4 Å². The predicted octanol–water partition coefficient (Wildman–Crippen LogP) is 7.66. The van der Waals surface area contributed by atoms with Crippen LogP contribution >= 0.6 is 0 Å².